The zero-order chi connectivity index (χ0) is 12.8. The largest absolute Gasteiger partial charge is 0.395 e. The third kappa shape index (κ3) is 3.26. The van der Waals surface area contributed by atoms with E-state index in [-0.39, 0.29) is 12.6 Å². The molecule has 6 heteroatoms. The second-order valence-corrected chi connectivity index (χ2v) is 4.97. The van der Waals surface area contributed by atoms with Crippen molar-refractivity contribution in [1.29, 1.82) is 0 Å². The minimum atomic E-state index is 0.231. The summed E-state index contributed by atoms with van der Waals surface area (Å²) in [6, 6.07) is 0.263. The number of rotatable bonds is 5. The molecule has 0 bridgehead atoms. The van der Waals surface area contributed by atoms with Crippen LogP contribution in [0.1, 0.15) is 44.9 Å². The molecular formula is C12H23N5O. The van der Waals surface area contributed by atoms with Gasteiger partial charge in [0.05, 0.1) is 13.2 Å². The van der Waals surface area contributed by atoms with Crippen LogP contribution in [0.3, 0.4) is 0 Å². The van der Waals surface area contributed by atoms with Gasteiger partial charge in [-0.1, -0.05) is 19.8 Å². The fourth-order valence-corrected chi connectivity index (χ4v) is 2.56. The van der Waals surface area contributed by atoms with E-state index in [1.54, 1.807) is 0 Å². The van der Waals surface area contributed by atoms with Gasteiger partial charge in [-0.05, 0) is 36.2 Å². The summed E-state index contributed by atoms with van der Waals surface area (Å²) < 4.78 is 1.87. The van der Waals surface area contributed by atoms with E-state index in [1.165, 1.54) is 19.3 Å². The van der Waals surface area contributed by atoms with Gasteiger partial charge in [0.15, 0.2) is 5.82 Å². The lowest BCUT2D eigenvalue weighted by molar-refractivity contribution is 0.114. The maximum Gasteiger partial charge on any atom is 0.165 e. The van der Waals surface area contributed by atoms with Gasteiger partial charge in [0, 0.05) is 12.6 Å². The smallest absolute Gasteiger partial charge is 0.165 e. The Morgan fingerprint density at radius 1 is 1.33 bits per heavy atom. The summed E-state index contributed by atoms with van der Waals surface area (Å²) in [5.74, 6) is 0.914. The summed E-state index contributed by atoms with van der Waals surface area (Å²) in [4.78, 5) is 2.32. The number of aromatic nitrogens is 4. The van der Waals surface area contributed by atoms with Gasteiger partial charge in [-0.2, -0.15) is 0 Å². The quantitative estimate of drug-likeness (QED) is 0.841. The lowest BCUT2D eigenvalue weighted by Gasteiger charge is -2.27. The van der Waals surface area contributed by atoms with Crippen molar-refractivity contribution < 1.29 is 5.11 Å². The number of hydrogen-bond acceptors (Lipinski definition) is 5. The Balaban J connectivity index is 2.03. The van der Waals surface area contributed by atoms with E-state index in [9.17, 15) is 5.11 Å². The minimum Gasteiger partial charge on any atom is -0.395 e. The predicted molar refractivity (Wildman–Crippen MR) is 67.9 cm³/mol. The molecule has 0 amide bonds. The van der Waals surface area contributed by atoms with E-state index < -0.39 is 0 Å². The molecule has 0 saturated carbocycles. The highest BCUT2D eigenvalue weighted by atomic mass is 16.3. The Labute approximate surface area is 108 Å². The first-order valence-corrected chi connectivity index (χ1v) is 6.95. The van der Waals surface area contributed by atoms with Crippen molar-refractivity contribution in [2.75, 3.05) is 13.2 Å². The fourth-order valence-electron chi connectivity index (χ4n) is 2.56. The van der Waals surface area contributed by atoms with Gasteiger partial charge in [-0.15, -0.1) is 5.10 Å². The summed E-state index contributed by atoms with van der Waals surface area (Å²) in [7, 11) is 0. The zero-order valence-corrected chi connectivity index (χ0v) is 11.1. The van der Waals surface area contributed by atoms with Crippen LogP contribution in [0, 0.1) is 0 Å². The van der Waals surface area contributed by atoms with Crippen molar-refractivity contribution >= 4 is 0 Å². The topological polar surface area (TPSA) is 67.1 Å². The van der Waals surface area contributed by atoms with Crippen LogP contribution in [0.15, 0.2) is 0 Å². The molecule has 102 valence electrons. The zero-order valence-electron chi connectivity index (χ0n) is 11.1. The van der Waals surface area contributed by atoms with Crippen LogP contribution < -0.4 is 0 Å². The SMILES string of the molecule is CCCn1nnnc1CN1CCCCCC1CO. The Bertz CT molecular complexity index is 354. The van der Waals surface area contributed by atoms with Crippen LogP contribution in [-0.2, 0) is 13.1 Å². The highest BCUT2D eigenvalue weighted by Gasteiger charge is 2.22. The molecule has 1 N–H and O–H groups in total. The number of nitrogens with zero attached hydrogens (tertiary/aromatic N) is 5. The first-order chi connectivity index (χ1) is 8.85. The van der Waals surface area contributed by atoms with Crippen molar-refractivity contribution in [2.24, 2.45) is 0 Å². The third-order valence-electron chi connectivity index (χ3n) is 3.60. The number of likely N-dealkylation sites (tertiary alicyclic amines) is 1. The molecule has 0 aliphatic carbocycles. The molecule has 1 unspecified atom stereocenters. The molecule has 1 aromatic heterocycles. The number of aliphatic hydroxyl groups is 1. The van der Waals surface area contributed by atoms with Crippen LogP contribution in [0.5, 0.6) is 0 Å². The molecule has 1 aliphatic rings. The number of tetrazole rings is 1. The van der Waals surface area contributed by atoms with E-state index >= 15 is 0 Å². The molecule has 2 rings (SSSR count). The van der Waals surface area contributed by atoms with Crippen LogP contribution in [0.4, 0.5) is 0 Å². The molecule has 6 nitrogen and oxygen atoms in total. The molecule has 1 fully saturated rings. The maximum atomic E-state index is 9.49. The molecule has 1 saturated heterocycles. The van der Waals surface area contributed by atoms with Crippen molar-refractivity contribution in [1.82, 2.24) is 25.1 Å². The van der Waals surface area contributed by atoms with Crippen molar-refractivity contribution in [3.63, 3.8) is 0 Å². The summed E-state index contributed by atoms with van der Waals surface area (Å²) >= 11 is 0. The normalized spacial score (nSPS) is 22.0. The Morgan fingerprint density at radius 3 is 3.00 bits per heavy atom. The highest BCUT2D eigenvalue weighted by molar-refractivity contribution is 4.85. The van der Waals surface area contributed by atoms with E-state index in [0.717, 1.165) is 38.3 Å². The standard InChI is InChI=1S/C12H23N5O/c1-2-7-17-12(13-14-15-17)9-16-8-5-3-4-6-11(16)10-18/h11,18H,2-10H2,1H3. The lowest BCUT2D eigenvalue weighted by atomic mass is 10.1. The van der Waals surface area contributed by atoms with Crippen molar-refractivity contribution in [3.8, 4) is 0 Å². The minimum absolute atomic E-state index is 0.231. The predicted octanol–water partition coefficient (Wildman–Crippen LogP) is 0.820. The van der Waals surface area contributed by atoms with Gasteiger partial charge in [0.1, 0.15) is 0 Å². The van der Waals surface area contributed by atoms with Gasteiger partial charge in [-0.25, -0.2) is 4.68 Å². The average molecular weight is 253 g/mol. The Kier molecular flexibility index (Phi) is 5.07. The van der Waals surface area contributed by atoms with Crippen molar-refractivity contribution in [3.05, 3.63) is 5.82 Å². The van der Waals surface area contributed by atoms with Crippen LogP contribution in [-0.4, -0.2) is 49.4 Å². The number of aliphatic hydroxyl groups excluding tert-OH is 1. The fraction of sp³-hybridized carbons (Fsp3) is 0.917. The second-order valence-electron chi connectivity index (χ2n) is 4.97. The highest BCUT2D eigenvalue weighted by Crippen LogP contribution is 2.18. The third-order valence-corrected chi connectivity index (χ3v) is 3.60. The molecule has 2 heterocycles. The first-order valence-electron chi connectivity index (χ1n) is 6.95. The summed E-state index contributed by atoms with van der Waals surface area (Å²) in [6.07, 6.45) is 5.77. The monoisotopic (exact) mass is 253 g/mol. The van der Waals surface area contributed by atoms with Crippen LogP contribution in [0.2, 0.25) is 0 Å². The lowest BCUT2D eigenvalue weighted by Crippen LogP contribution is -2.37. The Hall–Kier alpha value is -1.01. The molecule has 1 aliphatic heterocycles. The van der Waals surface area contributed by atoms with Crippen molar-refractivity contribution in [2.45, 2.75) is 58.2 Å². The van der Waals surface area contributed by atoms with Gasteiger partial charge < -0.3 is 5.11 Å². The van der Waals surface area contributed by atoms with E-state index in [4.69, 9.17) is 0 Å². The molecular weight excluding hydrogens is 230 g/mol. The molecule has 1 atom stereocenters. The molecule has 0 spiro atoms. The second kappa shape index (κ2) is 6.80. The van der Waals surface area contributed by atoms with Crippen LogP contribution in [0.25, 0.3) is 0 Å². The maximum absolute atomic E-state index is 9.49. The molecule has 0 radical (unpaired) electrons. The number of hydrogen-bond donors (Lipinski definition) is 1. The van der Waals surface area contributed by atoms with Crippen LogP contribution >= 0.6 is 0 Å². The van der Waals surface area contributed by atoms with Gasteiger partial charge in [-0.3, -0.25) is 4.90 Å². The van der Waals surface area contributed by atoms with Gasteiger partial charge in [0.2, 0.25) is 0 Å². The van der Waals surface area contributed by atoms with E-state index in [0.29, 0.717) is 0 Å². The molecule has 1 aromatic rings. The van der Waals surface area contributed by atoms with Gasteiger partial charge >= 0.3 is 0 Å². The average Bonchev–Trinajstić information content (AvgIpc) is 2.68. The van der Waals surface area contributed by atoms with E-state index in [2.05, 4.69) is 27.3 Å². The first kappa shape index (κ1) is 13.4. The molecule has 0 aromatic carbocycles. The summed E-state index contributed by atoms with van der Waals surface area (Å²) in [6.45, 7) is 4.99. The molecule has 18 heavy (non-hydrogen) atoms. The Morgan fingerprint density at radius 2 is 2.22 bits per heavy atom. The number of aryl methyl sites for hydroxylation is 1. The summed E-state index contributed by atoms with van der Waals surface area (Å²) in [5.41, 5.74) is 0. The van der Waals surface area contributed by atoms with Gasteiger partial charge in [0.25, 0.3) is 0 Å². The summed E-state index contributed by atoms with van der Waals surface area (Å²) in [5, 5.41) is 21.4. The van der Waals surface area contributed by atoms with E-state index in [1.807, 2.05) is 4.68 Å².